The highest BCUT2D eigenvalue weighted by molar-refractivity contribution is 6.67. The second-order valence-corrected chi connectivity index (χ2v) is 28.7. The van der Waals surface area contributed by atoms with Crippen molar-refractivity contribution in [1.82, 2.24) is 44.8 Å². The van der Waals surface area contributed by atoms with Crippen LogP contribution in [0.3, 0.4) is 0 Å². The predicted octanol–water partition coefficient (Wildman–Crippen LogP) is 11.8. The van der Waals surface area contributed by atoms with Gasteiger partial charge in [-0.05, 0) is 148 Å². The summed E-state index contributed by atoms with van der Waals surface area (Å²) < 4.78 is 92.8. The second kappa shape index (κ2) is 37.6. The van der Waals surface area contributed by atoms with Gasteiger partial charge < -0.3 is 92.5 Å². The van der Waals surface area contributed by atoms with Gasteiger partial charge in [0, 0.05) is 105 Å². The number of carbonyl (C=O) groups excluding carboxylic acids is 8. The van der Waals surface area contributed by atoms with Crippen molar-refractivity contribution in [3.63, 3.8) is 0 Å². The Morgan fingerprint density at radius 1 is 0.567 bits per heavy atom. The number of hydrogen-bond acceptors (Lipinski definition) is 22. The number of piperazine rings is 1. The van der Waals surface area contributed by atoms with Crippen LogP contribution in [-0.4, -0.2) is 187 Å². The van der Waals surface area contributed by atoms with Crippen molar-refractivity contribution in [2.45, 2.75) is 67.9 Å². The van der Waals surface area contributed by atoms with E-state index in [-0.39, 0.29) is 75.7 Å². The quantitative estimate of drug-likeness (QED) is 0.0149. The summed E-state index contributed by atoms with van der Waals surface area (Å²) >= 11 is 21.0. The van der Waals surface area contributed by atoms with Crippen LogP contribution < -0.4 is 53.8 Å². The second-order valence-electron chi connectivity index (χ2n) is 27.5. The molecule has 0 saturated carbocycles. The van der Waals surface area contributed by atoms with Gasteiger partial charge in [0.25, 0.3) is 0 Å². The molecule has 8 aliphatic rings. The van der Waals surface area contributed by atoms with E-state index < -0.39 is 65.6 Å². The summed E-state index contributed by atoms with van der Waals surface area (Å²) in [5.41, 5.74) is 15.7. The molecule has 0 spiro atoms. The Morgan fingerprint density at radius 3 is 1.52 bits per heavy atom. The van der Waals surface area contributed by atoms with Gasteiger partial charge in [-0.1, -0.05) is 91.0 Å². The maximum absolute atomic E-state index is 13.2. The van der Waals surface area contributed by atoms with E-state index in [9.17, 15) is 42.5 Å². The highest BCUT2D eigenvalue weighted by Gasteiger charge is 2.49. The van der Waals surface area contributed by atoms with Crippen molar-refractivity contribution in [3.8, 4) is 46.0 Å². The summed E-state index contributed by atoms with van der Waals surface area (Å²) in [6.45, 7) is 0.507. The summed E-state index contributed by atoms with van der Waals surface area (Å²) in [4.78, 5) is 116. The molecule has 7 atom stereocenters. The average molecular weight is 1720 g/mol. The molecule has 8 N–H and O–H groups in total. The van der Waals surface area contributed by atoms with Crippen molar-refractivity contribution < 1.29 is 95.9 Å². The number of esters is 3. The minimum Gasteiger partial charge on any atom is -0.468 e. The number of alkyl halides is 2. The number of halogens is 4. The number of hydrogen-bond donors (Lipinski definition) is 7. The lowest BCUT2D eigenvalue weighted by molar-refractivity contribution is -0.157. The molecule has 3 amide bonds. The monoisotopic (exact) mass is 1710 g/mol. The number of amides is 3. The zero-order valence-electron chi connectivity index (χ0n) is 69.0. The lowest BCUT2D eigenvalue weighted by Crippen LogP contribution is -2.62. The topological polar surface area (TPSA) is 361 Å². The standard InChI is InChI=1S/C22H19ClN2O5.C22H19N3O4.C20H18N2O4.C12H13ClN2O2.C8H6O3.C2H2Cl2O.CH5N/c1-28-22(27)16-9-14-13-4-2-3-5-15(13)24-20(14)21(25(16)19(26)10-23)12-6-7-17-18(8-12)30-11-29-17;1-24-10-19(26)25-16(22(24)27)9-14-13-4-2-3-5-15(13)23-20(14)21(25)12-6-7-17-18(8-12)29-11-28-17;1-24-20(23)15-9-13-12-4-2-3-5-14(12)21-19(13)18(22-15)11-6-7-16-17(8-11)26-10-25-16;1-17-12(16)11(15-13)6-8-7-14-10-5-3-2-4-9(8)10;9-4-6-1-2-7-8(3-6)11-5-10-7;3-1-2(4)5;1-2/h2-8,16,21,24H,9-11H2,1H3;2-8,16,21,23H,9-11H2,1H3;2-8,15,18,21-22H,9-10H2,1H3;2-5,7,11,14-15H,6H2,1H3;1-4H,5H2;1H2;2H2,1H3/t2*16-,21-;15-,18-;11-;;;/m1111.../s1/i2*21D;18D;;4D;;. The first-order valence-electron chi connectivity index (χ1n) is 39.5. The summed E-state index contributed by atoms with van der Waals surface area (Å²) in [5.74, 6) is 1.79. The van der Waals surface area contributed by atoms with E-state index in [1.165, 1.54) is 49.1 Å². The van der Waals surface area contributed by atoms with E-state index >= 15 is 0 Å². The van der Waals surface area contributed by atoms with Gasteiger partial charge in [-0.3, -0.25) is 38.9 Å². The number of aromatic nitrogens is 4. The number of nitrogens with zero attached hydrogens (tertiary/aromatic N) is 3. The number of H-pyrrole nitrogens is 4. The fourth-order valence-electron chi connectivity index (χ4n) is 15.3. The summed E-state index contributed by atoms with van der Waals surface area (Å²) in [6, 6.07) is 44.0. The molecular weight excluding hydrogens is 1630 g/mol. The third-order valence-corrected chi connectivity index (χ3v) is 21.7. The summed E-state index contributed by atoms with van der Waals surface area (Å²) in [7, 11) is 7.11. The van der Waals surface area contributed by atoms with E-state index in [0.29, 0.717) is 98.9 Å². The SMILES string of the molecule is CN.COC(=O)[C@@H](Cc1c[nH]c2ccccc12)NCl.O=C(Cl)CCl.[2H]C(=O)c1ccc2c(c1)OCO2.[2H][C@@]1(c2ccc3c(c2)OCO3)c2[nH]c3ccccc3c2C[C@@H]2C(=O)N(C)CC(=O)N21.[2H][C@@]1(c2ccc3c(c2)OCO3)c2[nH]c3ccccc3c2C[C@H](C(=O)OC)N1C(=O)CCl.[2H][C@]1(c2ccc3c(c2)OCO3)N[C@@H](C(=O)OC)Cc2c1[nH]c1ccccc21. The van der Waals surface area contributed by atoms with Gasteiger partial charge in [0.1, 0.15) is 37.7 Å². The minimum atomic E-state index is -1.77. The van der Waals surface area contributed by atoms with Crippen molar-refractivity contribution >= 4 is 137 Å². The number of ether oxygens (including phenoxy) is 11. The van der Waals surface area contributed by atoms with Crippen LogP contribution in [-0.2, 0) is 73.5 Å². The van der Waals surface area contributed by atoms with Crippen molar-refractivity contribution in [2.75, 3.05) is 80.9 Å². The van der Waals surface area contributed by atoms with Gasteiger partial charge in [-0.25, -0.2) is 9.63 Å². The lowest BCUT2D eigenvalue weighted by atomic mass is 9.86. The highest BCUT2D eigenvalue weighted by atomic mass is 35.5. The molecule has 8 aliphatic heterocycles. The molecule has 0 aliphatic carbocycles. The molecule has 0 unspecified atom stereocenters. The molecular formula is C87H82Cl4N10O19. The predicted molar refractivity (Wildman–Crippen MR) is 446 cm³/mol. The number of aromatic amines is 4. The smallest absolute Gasteiger partial charge is 0.328 e. The summed E-state index contributed by atoms with van der Waals surface area (Å²) in [5, 5.41) is 6.63. The molecule has 8 aromatic carbocycles. The molecule has 33 heteroatoms. The van der Waals surface area contributed by atoms with Crippen molar-refractivity contribution in [1.29, 1.82) is 0 Å². The Kier molecular flexibility index (Phi) is 24.7. The van der Waals surface area contributed by atoms with Gasteiger partial charge >= 0.3 is 17.9 Å². The Morgan fingerprint density at radius 2 is 1.02 bits per heavy atom. The zero-order valence-corrected chi connectivity index (χ0v) is 68.0. The molecule has 0 bridgehead atoms. The van der Waals surface area contributed by atoms with Gasteiger partial charge in [-0.2, -0.15) is 0 Å². The first kappa shape index (κ1) is 78.7. The van der Waals surface area contributed by atoms with Gasteiger partial charge in [0.05, 0.1) is 55.9 Å². The largest absolute Gasteiger partial charge is 0.468 e. The third kappa shape index (κ3) is 17.2. The molecule has 0 radical (unpaired) electrons. The number of carbonyl (C=O) groups is 8. The number of para-hydroxylation sites is 4. The molecule has 120 heavy (non-hydrogen) atoms. The normalized spacial score (nSPS) is 20.6. The van der Waals surface area contributed by atoms with E-state index in [4.69, 9.17) is 95.3 Å². The Labute approximate surface area is 712 Å². The van der Waals surface area contributed by atoms with Crippen molar-refractivity contribution in [2.24, 2.45) is 5.73 Å². The Bertz CT molecular complexity index is 6110. The van der Waals surface area contributed by atoms with Crippen molar-refractivity contribution in [3.05, 3.63) is 238 Å². The fourth-order valence-corrected chi connectivity index (χ4v) is 15.6. The number of nitrogens with two attached hydrogens (primary N) is 1. The number of methoxy groups -OCH3 is 3. The number of fused-ring (bicyclic) bond motifs is 15. The molecule has 622 valence electrons. The van der Waals surface area contributed by atoms with Gasteiger partial charge in [0.15, 0.2) is 46.0 Å². The van der Waals surface area contributed by atoms with Crippen LogP contribution in [0.5, 0.6) is 46.0 Å². The highest BCUT2D eigenvalue weighted by Crippen LogP contribution is 2.48. The van der Waals surface area contributed by atoms with Crippen LogP contribution in [0.4, 0.5) is 0 Å². The molecule has 29 nitrogen and oxygen atoms in total. The lowest BCUT2D eigenvalue weighted by Gasteiger charge is -2.46. The Balaban J connectivity index is 0.000000127. The first-order chi connectivity index (χ1) is 59.9. The molecule has 4 aromatic heterocycles. The number of likely N-dealkylation sites (N-methyl/N-ethyl adjacent to an activating group) is 1. The van der Waals surface area contributed by atoms with E-state index in [1.807, 2.05) is 109 Å². The van der Waals surface area contributed by atoms with Gasteiger partial charge in [-0.15, -0.1) is 23.2 Å². The number of nitrogens with one attached hydrogen (secondary N) is 6. The van der Waals surface area contributed by atoms with Crippen LogP contribution in [0, 0.1) is 0 Å². The van der Waals surface area contributed by atoms with Crippen LogP contribution in [0.25, 0.3) is 43.6 Å². The number of rotatable bonds is 12. The molecule has 20 rings (SSSR count). The van der Waals surface area contributed by atoms with Crippen LogP contribution in [0.2, 0.25) is 0 Å². The van der Waals surface area contributed by atoms with Crippen LogP contribution >= 0.6 is 46.6 Å². The van der Waals surface area contributed by atoms with E-state index in [1.54, 1.807) is 67.7 Å². The van der Waals surface area contributed by atoms with E-state index in [2.05, 4.69) is 40.6 Å². The fraction of sp³-hybridized carbons (Fsp3) is 0.264. The van der Waals surface area contributed by atoms with Gasteiger partial charge in [0.2, 0.25) is 50.1 Å². The number of aldehydes is 1. The molecule has 1 fully saturated rings. The average Bonchev–Trinajstić information content (AvgIpc) is 1.46. The van der Waals surface area contributed by atoms with Crippen LogP contribution in [0.1, 0.15) is 89.9 Å². The third-order valence-electron chi connectivity index (χ3n) is 20.7. The van der Waals surface area contributed by atoms with Crippen LogP contribution in [0.15, 0.2) is 176 Å². The maximum Gasteiger partial charge on any atom is 0.328 e. The maximum atomic E-state index is 13.2. The number of benzene rings is 8. The minimum absolute atomic E-state index is 0.0456. The molecule has 12 aromatic rings. The molecule has 12 heterocycles. The summed E-state index contributed by atoms with van der Waals surface area (Å²) in [6.07, 6.45) is 2.69. The zero-order chi connectivity index (χ0) is 88.1. The molecule has 1 saturated heterocycles. The van der Waals surface area contributed by atoms with E-state index in [0.717, 1.165) is 71.6 Å². The Hall–Kier alpha value is -12.5. The first-order valence-corrected chi connectivity index (χ1v) is 39.3.